The Hall–Kier alpha value is -2.51. The molecule has 0 saturated heterocycles. The smallest absolute Gasteiger partial charge is 0.491 e. The molecule has 19 heavy (non-hydrogen) atoms. The Morgan fingerprint density at radius 1 is 1.26 bits per heavy atom. The highest BCUT2D eigenvalue weighted by Crippen LogP contribution is 2.31. The molecule has 1 heterocycles. The second-order valence-electron chi connectivity index (χ2n) is 3.56. The predicted molar refractivity (Wildman–Crippen MR) is 57.9 cm³/mol. The van der Waals surface area contributed by atoms with Crippen molar-refractivity contribution in [3.8, 4) is 11.5 Å². The fourth-order valence-electron chi connectivity index (χ4n) is 1.45. The third-order valence-corrected chi connectivity index (χ3v) is 2.28. The van der Waals surface area contributed by atoms with Crippen molar-refractivity contribution in [3.05, 3.63) is 34.6 Å². The van der Waals surface area contributed by atoms with Gasteiger partial charge >= 0.3 is 12.1 Å². The maximum atomic E-state index is 12.0. The van der Waals surface area contributed by atoms with Crippen LogP contribution in [0, 0.1) is 0 Å². The number of aromatic amines is 1. The molecule has 0 aliphatic heterocycles. The molecule has 0 radical (unpaired) electrons. The normalized spacial score (nSPS) is 11.5. The van der Waals surface area contributed by atoms with E-state index in [1.165, 1.54) is 18.2 Å². The van der Waals surface area contributed by atoms with Crippen molar-refractivity contribution in [3.63, 3.8) is 0 Å². The van der Waals surface area contributed by atoms with E-state index in [1.54, 1.807) is 6.07 Å². The minimum absolute atomic E-state index is 0.0621. The van der Waals surface area contributed by atoms with Crippen LogP contribution in [0.2, 0.25) is 0 Å². The molecule has 100 valence electrons. The van der Waals surface area contributed by atoms with Gasteiger partial charge in [0.2, 0.25) is 5.75 Å². The average molecular weight is 273 g/mol. The van der Waals surface area contributed by atoms with E-state index in [-0.39, 0.29) is 10.9 Å². The van der Waals surface area contributed by atoms with Crippen LogP contribution < -0.4 is 10.3 Å². The first-order chi connectivity index (χ1) is 8.80. The number of carbonyl (C=O) groups excluding carboxylic acids is 1. The van der Waals surface area contributed by atoms with Gasteiger partial charge < -0.3 is 14.8 Å². The molecule has 0 saturated carbocycles. The van der Waals surface area contributed by atoms with E-state index in [4.69, 9.17) is 0 Å². The topological polar surface area (TPSA) is 79.4 Å². The van der Waals surface area contributed by atoms with E-state index >= 15 is 0 Å². The third kappa shape index (κ3) is 2.37. The molecule has 0 fully saturated rings. The quantitative estimate of drug-likeness (QED) is 0.775. The number of aromatic hydroxyl groups is 1. The van der Waals surface area contributed by atoms with Crippen LogP contribution in [0.3, 0.4) is 0 Å². The highest BCUT2D eigenvalue weighted by atomic mass is 19.4. The van der Waals surface area contributed by atoms with E-state index in [0.29, 0.717) is 0 Å². The Balaban J connectivity index is 2.56. The van der Waals surface area contributed by atoms with Crippen LogP contribution >= 0.6 is 0 Å². The van der Waals surface area contributed by atoms with Crippen molar-refractivity contribution < 1.29 is 27.8 Å². The minimum Gasteiger partial charge on any atom is -0.504 e. The van der Waals surface area contributed by atoms with Gasteiger partial charge in [-0.1, -0.05) is 12.1 Å². The van der Waals surface area contributed by atoms with Gasteiger partial charge in [0.1, 0.15) is 0 Å². The third-order valence-electron chi connectivity index (χ3n) is 2.28. The Bertz CT molecular complexity index is 705. The van der Waals surface area contributed by atoms with E-state index < -0.39 is 29.2 Å². The van der Waals surface area contributed by atoms with Crippen molar-refractivity contribution >= 4 is 16.9 Å². The zero-order valence-electron chi connectivity index (χ0n) is 9.12. The average Bonchev–Trinajstić information content (AvgIpc) is 2.33. The summed E-state index contributed by atoms with van der Waals surface area (Å²) in [5.41, 5.74) is -0.925. The van der Waals surface area contributed by atoms with Crippen LogP contribution in [0.25, 0.3) is 10.9 Å². The van der Waals surface area contributed by atoms with Crippen molar-refractivity contribution in [2.45, 2.75) is 6.18 Å². The number of pyridine rings is 1. The van der Waals surface area contributed by atoms with Gasteiger partial charge in [-0.25, -0.2) is 4.79 Å². The fourth-order valence-corrected chi connectivity index (χ4v) is 1.45. The standard InChI is InChI=1S/C11H6F3NO4/c12-11(13,14)10(18)19-8-7(16)5-3-1-2-4-6(5)15-9(8)17/h1-4H,(H2,15,16,17). The van der Waals surface area contributed by atoms with Gasteiger partial charge in [-0.3, -0.25) is 4.79 Å². The van der Waals surface area contributed by atoms with Gasteiger partial charge in [0.05, 0.1) is 5.52 Å². The first kappa shape index (κ1) is 12.9. The molecule has 0 bridgehead atoms. The maximum Gasteiger partial charge on any atom is 0.491 e. The maximum absolute atomic E-state index is 12.0. The molecule has 0 amide bonds. The lowest BCUT2D eigenvalue weighted by molar-refractivity contribution is -0.189. The molecule has 1 aromatic carbocycles. The summed E-state index contributed by atoms with van der Waals surface area (Å²) in [5, 5.41) is 9.74. The molecule has 2 rings (SSSR count). The van der Waals surface area contributed by atoms with E-state index in [0.717, 1.165) is 0 Å². The molecule has 2 aromatic rings. The monoisotopic (exact) mass is 273 g/mol. The molecular weight excluding hydrogens is 267 g/mol. The summed E-state index contributed by atoms with van der Waals surface area (Å²) in [4.78, 5) is 24.3. The van der Waals surface area contributed by atoms with Crippen LogP contribution in [0.1, 0.15) is 0 Å². The number of ether oxygens (including phenoxy) is 1. The number of alkyl halides is 3. The molecule has 2 N–H and O–H groups in total. The first-order valence-corrected chi connectivity index (χ1v) is 4.93. The van der Waals surface area contributed by atoms with Gasteiger partial charge in [-0.15, -0.1) is 0 Å². The summed E-state index contributed by atoms with van der Waals surface area (Å²) in [7, 11) is 0. The number of esters is 1. The highest BCUT2D eigenvalue weighted by molar-refractivity contribution is 5.88. The zero-order chi connectivity index (χ0) is 14.2. The molecule has 5 nitrogen and oxygen atoms in total. The van der Waals surface area contributed by atoms with Gasteiger partial charge in [-0.05, 0) is 12.1 Å². The van der Waals surface area contributed by atoms with Crippen molar-refractivity contribution in [2.24, 2.45) is 0 Å². The number of H-pyrrole nitrogens is 1. The Morgan fingerprint density at radius 2 is 1.89 bits per heavy atom. The summed E-state index contributed by atoms with van der Waals surface area (Å²) in [6, 6.07) is 5.84. The molecular formula is C11H6F3NO4. The Kier molecular flexibility index (Phi) is 2.93. The highest BCUT2D eigenvalue weighted by Gasteiger charge is 2.42. The number of hydrogen-bond acceptors (Lipinski definition) is 4. The van der Waals surface area contributed by atoms with Crippen molar-refractivity contribution in [2.75, 3.05) is 0 Å². The lowest BCUT2D eigenvalue weighted by Crippen LogP contribution is -2.30. The number of nitrogens with one attached hydrogen (secondary N) is 1. The molecule has 0 aliphatic carbocycles. The number of benzene rings is 1. The van der Waals surface area contributed by atoms with Gasteiger partial charge in [0, 0.05) is 5.39 Å². The second kappa shape index (κ2) is 4.30. The van der Waals surface area contributed by atoms with Crippen LogP contribution in [0.5, 0.6) is 11.5 Å². The SMILES string of the molecule is O=C(Oc1c(O)c2ccccc2[nH]c1=O)C(F)(F)F. The molecule has 8 heteroatoms. The number of aromatic nitrogens is 1. The van der Waals surface area contributed by atoms with E-state index in [9.17, 15) is 27.9 Å². The van der Waals surface area contributed by atoms with Gasteiger partial charge in [0.15, 0.2) is 5.75 Å². The lowest BCUT2D eigenvalue weighted by atomic mass is 10.2. The van der Waals surface area contributed by atoms with Gasteiger partial charge in [-0.2, -0.15) is 13.2 Å². The fraction of sp³-hybridized carbons (Fsp3) is 0.0909. The summed E-state index contributed by atoms with van der Waals surface area (Å²) >= 11 is 0. The van der Waals surface area contributed by atoms with Gasteiger partial charge in [0.25, 0.3) is 5.56 Å². The number of fused-ring (bicyclic) bond motifs is 1. The predicted octanol–water partition coefficient (Wildman–Crippen LogP) is 1.70. The second-order valence-corrected chi connectivity index (χ2v) is 3.56. The van der Waals surface area contributed by atoms with Crippen LogP contribution in [0.4, 0.5) is 13.2 Å². The number of halogens is 3. The number of rotatable bonds is 1. The summed E-state index contributed by atoms with van der Waals surface area (Å²) in [5.74, 6) is -4.48. The summed E-state index contributed by atoms with van der Waals surface area (Å²) in [6.45, 7) is 0. The molecule has 0 unspecified atom stereocenters. The number of hydrogen-bond donors (Lipinski definition) is 2. The Labute approximate surface area is 103 Å². The zero-order valence-corrected chi connectivity index (χ0v) is 9.12. The minimum atomic E-state index is -5.26. The lowest BCUT2D eigenvalue weighted by Gasteiger charge is -2.09. The van der Waals surface area contributed by atoms with Crippen LogP contribution in [0.15, 0.2) is 29.1 Å². The van der Waals surface area contributed by atoms with E-state index in [1.807, 2.05) is 0 Å². The van der Waals surface area contributed by atoms with Crippen molar-refractivity contribution in [1.82, 2.24) is 4.98 Å². The van der Waals surface area contributed by atoms with E-state index in [2.05, 4.69) is 9.72 Å². The molecule has 0 aliphatic rings. The van der Waals surface area contributed by atoms with Crippen molar-refractivity contribution in [1.29, 1.82) is 0 Å². The number of para-hydroxylation sites is 1. The van der Waals surface area contributed by atoms with Crippen LogP contribution in [-0.4, -0.2) is 22.2 Å². The molecule has 0 atom stereocenters. The largest absolute Gasteiger partial charge is 0.504 e. The molecule has 1 aromatic heterocycles. The summed E-state index contributed by atoms with van der Waals surface area (Å²) < 4.78 is 40.0. The summed E-state index contributed by atoms with van der Waals surface area (Å²) in [6.07, 6.45) is -5.26. The first-order valence-electron chi connectivity index (χ1n) is 4.93. The molecule has 0 spiro atoms. The Morgan fingerprint density at radius 3 is 2.53 bits per heavy atom. The van der Waals surface area contributed by atoms with Crippen LogP contribution in [-0.2, 0) is 4.79 Å². The number of carbonyl (C=O) groups is 1.